The summed E-state index contributed by atoms with van der Waals surface area (Å²) in [4.78, 5) is 4.45. The van der Waals surface area contributed by atoms with Crippen molar-refractivity contribution in [2.24, 2.45) is 7.05 Å². The summed E-state index contributed by atoms with van der Waals surface area (Å²) in [6, 6.07) is 6.31. The van der Waals surface area contributed by atoms with Gasteiger partial charge in [0.1, 0.15) is 5.82 Å². The molecule has 0 aliphatic heterocycles. The normalized spacial score (nSPS) is 10.6. The van der Waals surface area contributed by atoms with Crippen LogP contribution in [0.2, 0.25) is 0 Å². The van der Waals surface area contributed by atoms with Gasteiger partial charge in [0.05, 0.1) is 11.9 Å². The van der Waals surface area contributed by atoms with Crippen LogP contribution in [0.25, 0.3) is 11.3 Å². The minimum Gasteiger partial charge on any atom is -0.331 e. The summed E-state index contributed by atoms with van der Waals surface area (Å²) >= 11 is 1.47. The molecule has 0 saturated carbocycles. The Bertz CT molecular complexity index is 704. The van der Waals surface area contributed by atoms with Crippen molar-refractivity contribution >= 4 is 22.2 Å². The molecule has 0 radical (unpaired) electrons. The maximum atomic E-state index is 13.1. The molecule has 2 aromatic heterocycles. The van der Waals surface area contributed by atoms with Crippen molar-refractivity contribution in [2.45, 2.75) is 0 Å². The van der Waals surface area contributed by atoms with Gasteiger partial charge in [-0.2, -0.15) is 5.10 Å². The molecule has 6 heteroatoms. The minimum atomic E-state index is -0.269. The highest BCUT2D eigenvalue weighted by Crippen LogP contribution is 2.26. The van der Waals surface area contributed by atoms with Crippen molar-refractivity contribution in [1.82, 2.24) is 14.8 Å². The second-order valence-corrected chi connectivity index (χ2v) is 4.93. The van der Waals surface area contributed by atoms with Crippen LogP contribution >= 0.6 is 11.3 Å². The molecule has 0 saturated heterocycles. The van der Waals surface area contributed by atoms with Crippen LogP contribution in [-0.4, -0.2) is 14.8 Å². The monoisotopic (exact) mass is 274 g/mol. The van der Waals surface area contributed by atoms with E-state index in [1.165, 1.54) is 23.5 Å². The lowest BCUT2D eigenvalue weighted by atomic mass is 10.3. The maximum absolute atomic E-state index is 13.1. The maximum Gasteiger partial charge on any atom is 0.187 e. The first-order valence-corrected chi connectivity index (χ1v) is 6.56. The zero-order valence-electron chi connectivity index (χ0n) is 10.2. The van der Waals surface area contributed by atoms with Crippen LogP contribution in [-0.2, 0) is 7.05 Å². The van der Waals surface area contributed by atoms with Gasteiger partial charge in [0.15, 0.2) is 5.13 Å². The van der Waals surface area contributed by atoms with Crippen molar-refractivity contribution in [3.63, 3.8) is 0 Å². The molecule has 1 aromatic carbocycles. The summed E-state index contributed by atoms with van der Waals surface area (Å²) in [6.07, 6.45) is 3.67. The molecular formula is C13H11FN4S. The van der Waals surface area contributed by atoms with Gasteiger partial charge in [-0.3, -0.25) is 4.68 Å². The van der Waals surface area contributed by atoms with Crippen LogP contribution in [0.5, 0.6) is 0 Å². The smallest absolute Gasteiger partial charge is 0.187 e. The number of thiazole rings is 1. The van der Waals surface area contributed by atoms with Crippen LogP contribution < -0.4 is 5.32 Å². The average Bonchev–Trinajstić information content (AvgIpc) is 2.98. The highest BCUT2D eigenvalue weighted by Gasteiger charge is 2.06. The molecule has 3 rings (SSSR count). The van der Waals surface area contributed by atoms with Crippen molar-refractivity contribution < 1.29 is 4.39 Å². The fourth-order valence-electron chi connectivity index (χ4n) is 1.71. The molecule has 0 aliphatic rings. The number of anilines is 2. The number of nitrogens with zero attached hydrogens (tertiary/aromatic N) is 3. The number of hydrogen-bond donors (Lipinski definition) is 1. The van der Waals surface area contributed by atoms with E-state index < -0.39 is 0 Å². The molecule has 19 heavy (non-hydrogen) atoms. The number of aryl methyl sites for hydroxylation is 1. The summed E-state index contributed by atoms with van der Waals surface area (Å²) < 4.78 is 14.8. The predicted molar refractivity (Wildman–Crippen MR) is 74.0 cm³/mol. The van der Waals surface area contributed by atoms with Gasteiger partial charge in [0, 0.05) is 29.9 Å². The van der Waals surface area contributed by atoms with Gasteiger partial charge >= 0.3 is 0 Å². The molecular weight excluding hydrogens is 263 g/mol. The van der Waals surface area contributed by atoms with Crippen LogP contribution in [0.3, 0.4) is 0 Å². The van der Waals surface area contributed by atoms with E-state index in [4.69, 9.17) is 0 Å². The van der Waals surface area contributed by atoms with Gasteiger partial charge in [-0.05, 0) is 18.2 Å². The Morgan fingerprint density at radius 3 is 3.00 bits per heavy atom. The predicted octanol–water partition coefficient (Wildman–Crippen LogP) is 3.43. The third-order valence-corrected chi connectivity index (χ3v) is 3.34. The molecule has 2 heterocycles. The van der Waals surface area contributed by atoms with Crippen molar-refractivity contribution in [3.05, 3.63) is 47.9 Å². The number of rotatable bonds is 3. The van der Waals surface area contributed by atoms with Crippen LogP contribution in [0.15, 0.2) is 42.0 Å². The number of aromatic nitrogens is 3. The zero-order chi connectivity index (χ0) is 13.2. The van der Waals surface area contributed by atoms with Crippen LogP contribution in [0, 0.1) is 5.82 Å². The van der Waals surface area contributed by atoms with E-state index in [-0.39, 0.29) is 5.82 Å². The number of benzene rings is 1. The first-order chi connectivity index (χ1) is 9.20. The van der Waals surface area contributed by atoms with E-state index in [1.807, 2.05) is 18.6 Å². The Kier molecular flexibility index (Phi) is 3.00. The van der Waals surface area contributed by atoms with E-state index >= 15 is 0 Å². The summed E-state index contributed by atoms with van der Waals surface area (Å²) in [7, 11) is 1.86. The lowest BCUT2D eigenvalue weighted by Crippen LogP contribution is -1.90. The second-order valence-electron chi connectivity index (χ2n) is 4.08. The van der Waals surface area contributed by atoms with Crippen molar-refractivity contribution in [2.75, 3.05) is 5.32 Å². The van der Waals surface area contributed by atoms with Crippen LogP contribution in [0.1, 0.15) is 0 Å². The summed E-state index contributed by atoms with van der Waals surface area (Å²) in [5.74, 6) is -0.269. The number of nitrogens with one attached hydrogen (secondary N) is 1. The molecule has 0 spiro atoms. The van der Waals surface area contributed by atoms with Gasteiger partial charge in [-0.25, -0.2) is 9.37 Å². The van der Waals surface area contributed by atoms with E-state index in [0.29, 0.717) is 5.69 Å². The van der Waals surface area contributed by atoms with Gasteiger partial charge in [0.2, 0.25) is 0 Å². The third-order valence-electron chi connectivity index (χ3n) is 2.58. The molecule has 0 amide bonds. The quantitative estimate of drug-likeness (QED) is 0.795. The lowest BCUT2D eigenvalue weighted by Gasteiger charge is -2.01. The highest BCUT2D eigenvalue weighted by molar-refractivity contribution is 7.14. The minimum absolute atomic E-state index is 0.269. The number of halogens is 1. The Labute approximate surface area is 113 Å². The Hall–Kier alpha value is -2.21. The van der Waals surface area contributed by atoms with Gasteiger partial charge in [-0.15, -0.1) is 11.3 Å². The number of hydrogen-bond acceptors (Lipinski definition) is 4. The Morgan fingerprint density at radius 1 is 1.37 bits per heavy atom. The molecule has 0 atom stereocenters. The fourth-order valence-corrected chi connectivity index (χ4v) is 2.45. The molecule has 96 valence electrons. The molecule has 0 unspecified atom stereocenters. The van der Waals surface area contributed by atoms with Crippen molar-refractivity contribution in [3.8, 4) is 11.3 Å². The Balaban J connectivity index is 1.82. The first kappa shape index (κ1) is 11.9. The van der Waals surface area contributed by atoms with Crippen LogP contribution in [0.4, 0.5) is 15.2 Å². The average molecular weight is 274 g/mol. The standard InChI is InChI=1S/C13H11FN4S/c1-18-7-9(6-15-18)12-8-19-13(17-12)16-11-4-2-3-10(14)5-11/h2-8H,1H3,(H,16,17). The SMILES string of the molecule is Cn1cc(-c2csc(Nc3cccc(F)c3)n2)cn1. The molecule has 0 aliphatic carbocycles. The largest absolute Gasteiger partial charge is 0.331 e. The van der Waals surface area contributed by atoms with Crippen molar-refractivity contribution in [1.29, 1.82) is 0 Å². The van der Waals surface area contributed by atoms with E-state index in [0.717, 1.165) is 16.4 Å². The second kappa shape index (κ2) is 4.81. The lowest BCUT2D eigenvalue weighted by molar-refractivity contribution is 0.628. The van der Waals surface area contributed by atoms with E-state index in [2.05, 4.69) is 15.4 Å². The molecule has 1 N–H and O–H groups in total. The molecule has 0 fully saturated rings. The Morgan fingerprint density at radius 2 is 2.26 bits per heavy atom. The summed E-state index contributed by atoms with van der Waals surface area (Å²) in [5.41, 5.74) is 2.51. The zero-order valence-corrected chi connectivity index (χ0v) is 11.0. The molecule has 4 nitrogen and oxygen atoms in total. The fraction of sp³-hybridized carbons (Fsp3) is 0.0769. The third kappa shape index (κ3) is 2.63. The summed E-state index contributed by atoms with van der Waals surface area (Å²) in [6.45, 7) is 0. The van der Waals surface area contributed by atoms with Gasteiger partial charge in [-0.1, -0.05) is 6.07 Å². The highest BCUT2D eigenvalue weighted by atomic mass is 32.1. The van der Waals surface area contributed by atoms with E-state index in [9.17, 15) is 4.39 Å². The van der Waals surface area contributed by atoms with Gasteiger partial charge < -0.3 is 5.32 Å². The molecule has 3 aromatic rings. The molecule has 0 bridgehead atoms. The van der Waals surface area contributed by atoms with Gasteiger partial charge in [0.25, 0.3) is 0 Å². The summed E-state index contributed by atoms with van der Waals surface area (Å²) in [5, 5.41) is 9.86. The first-order valence-electron chi connectivity index (χ1n) is 5.68. The topological polar surface area (TPSA) is 42.7 Å². The van der Waals surface area contributed by atoms with E-state index in [1.54, 1.807) is 23.0 Å².